The van der Waals surface area contributed by atoms with Crippen LogP contribution in [-0.4, -0.2) is 43.0 Å². The van der Waals surface area contributed by atoms with Crippen LogP contribution in [0.25, 0.3) is 0 Å². The van der Waals surface area contributed by atoms with Gasteiger partial charge in [-0.15, -0.1) is 0 Å². The van der Waals surface area contributed by atoms with Gasteiger partial charge in [-0.2, -0.15) is 13.2 Å². The van der Waals surface area contributed by atoms with E-state index in [9.17, 15) is 22.8 Å². The SMILES string of the molecule is CCCCCCCC(=O)N1CCN(c2ccc(NC(=O)Nc3ccc(C(F)(F)F)cc3)cc2)CC1. The van der Waals surface area contributed by atoms with Crippen LogP contribution in [0.3, 0.4) is 0 Å². The van der Waals surface area contributed by atoms with Crippen LogP contribution in [0.4, 0.5) is 35.0 Å². The summed E-state index contributed by atoms with van der Waals surface area (Å²) >= 11 is 0. The Hall–Kier alpha value is -3.23. The van der Waals surface area contributed by atoms with Gasteiger partial charge in [-0.05, 0) is 55.0 Å². The number of carbonyl (C=O) groups is 2. The van der Waals surface area contributed by atoms with Gasteiger partial charge < -0.3 is 20.4 Å². The molecule has 35 heavy (non-hydrogen) atoms. The van der Waals surface area contributed by atoms with Crippen molar-refractivity contribution in [2.45, 2.75) is 51.6 Å². The van der Waals surface area contributed by atoms with Crippen molar-refractivity contribution in [3.63, 3.8) is 0 Å². The number of piperazine rings is 1. The van der Waals surface area contributed by atoms with Crippen molar-refractivity contribution >= 4 is 29.0 Å². The van der Waals surface area contributed by atoms with Crippen LogP contribution in [0.5, 0.6) is 0 Å². The second-order valence-corrected chi connectivity index (χ2v) is 8.73. The van der Waals surface area contributed by atoms with E-state index >= 15 is 0 Å². The Labute approximate surface area is 204 Å². The lowest BCUT2D eigenvalue weighted by atomic mass is 10.1. The molecule has 0 unspecified atom stereocenters. The van der Waals surface area contributed by atoms with Gasteiger partial charge in [0.1, 0.15) is 0 Å². The first-order valence-corrected chi connectivity index (χ1v) is 12.1. The third kappa shape index (κ3) is 8.19. The van der Waals surface area contributed by atoms with E-state index in [0.29, 0.717) is 25.2 Å². The van der Waals surface area contributed by atoms with E-state index in [1.54, 1.807) is 12.1 Å². The topological polar surface area (TPSA) is 64.7 Å². The van der Waals surface area contributed by atoms with Gasteiger partial charge in [-0.1, -0.05) is 32.6 Å². The summed E-state index contributed by atoms with van der Waals surface area (Å²) in [7, 11) is 0. The average Bonchev–Trinajstić information content (AvgIpc) is 2.84. The number of rotatable bonds is 9. The molecule has 0 bridgehead atoms. The van der Waals surface area contributed by atoms with Crippen molar-refractivity contribution in [2.24, 2.45) is 0 Å². The lowest BCUT2D eigenvalue weighted by Crippen LogP contribution is -2.48. The number of nitrogens with zero attached hydrogens (tertiary/aromatic N) is 2. The molecule has 1 fully saturated rings. The minimum Gasteiger partial charge on any atom is -0.368 e. The third-order valence-electron chi connectivity index (χ3n) is 6.09. The molecular weight excluding hydrogens is 457 g/mol. The molecule has 1 saturated heterocycles. The number of anilines is 3. The Morgan fingerprint density at radius 1 is 0.800 bits per heavy atom. The first-order valence-electron chi connectivity index (χ1n) is 12.1. The number of unbranched alkanes of at least 4 members (excludes halogenated alkanes) is 4. The molecule has 2 N–H and O–H groups in total. The molecule has 0 atom stereocenters. The summed E-state index contributed by atoms with van der Waals surface area (Å²) in [6.45, 7) is 5.08. The van der Waals surface area contributed by atoms with Crippen molar-refractivity contribution in [3.8, 4) is 0 Å². The largest absolute Gasteiger partial charge is 0.416 e. The molecule has 2 aromatic carbocycles. The zero-order valence-corrected chi connectivity index (χ0v) is 20.0. The lowest BCUT2D eigenvalue weighted by molar-refractivity contribution is -0.137. The van der Waals surface area contributed by atoms with Crippen molar-refractivity contribution in [3.05, 3.63) is 54.1 Å². The van der Waals surface area contributed by atoms with Gasteiger partial charge in [0.2, 0.25) is 5.91 Å². The lowest BCUT2D eigenvalue weighted by Gasteiger charge is -2.36. The van der Waals surface area contributed by atoms with E-state index in [1.807, 2.05) is 17.0 Å². The molecule has 0 spiro atoms. The number of urea groups is 1. The van der Waals surface area contributed by atoms with Gasteiger partial charge >= 0.3 is 12.2 Å². The summed E-state index contributed by atoms with van der Waals surface area (Å²) in [6.07, 6.45) is 1.90. The summed E-state index contributed by atoms with van der Waals surface area (Å²) in [5.41, 5.74) is 1.06. The van der Waals surface area contributed by atoms with Crippen molar-refractivity contribution in [1.82, 2.24) is 4.90 Å². The van der Waals surface area contributed by atoms with Gasteiger partial charge in [-0.25, -0.2) is 4.79 Å². The number of benzene rings is 2. The smallest absolute Gasteiger partial charge is 0.368 e. The van der Waals surface area contributed by atoms with Crippen LogP contribution >= 0.6 is 0 Å². The Balaban J connectivity index is 1.42. The van der Waals surface area contributed by atoms with Crippen molar-refractivity contribution in [1.29, 1.82) is 0 Å². The zero-order chi connectivity index (χ0) is 25.3. The average molecular weight is 491 g/mol. The molecule has 2 aromatic rings. The first kappa shape index (κ1) is 26.4. The van der Waals surface area contributed by atoms with E-state index in [2.05, 4.69) is 22.5 Å². The minimum atomic E-state index is -4.42. The van der Waals surface area contributed by atoms with Crippen LogP contribution in [0, 0.1) is 0 Å². The predicted octanol–water partition coefficient (Wildman–Crippen LogP) is 6.36. The monoisotopic (exact) mass is 490 g/mol. The summed E-state index contributed by atoms with van der Waals surface area (Å²) in [4.78, 5) is 28.8. The highest BCUT2D eigenvalue weighted by atomic mass is 19.4. The molecular formula is C26H33F3N4O2. The van der Waals surface area contributed by atoms with Gasteiger partial charge in [0.05, 0.1) is 5.56 Å². The summed E-state index contributed by atoms with van der Waals surface area (Å²) < 4.78 is 37.9. The van der Waals surface area contributed by atoms with E-state index in [1.165, 1.54) is 31.4 Å². The summed E-state index contributed by atoms with van der Waals surface area (Å²) in [6, 6.07) is 11.1. The van der Waals surface area contributed by atoms with Crippen LogP contribution in [-0.2, 0) is 11.0 Å². The normalized spacial score (nSPS) is 14.1. The molecule has 6 nitrogen and oxygen atoms in total. The number of amides is 3. The first-order chi connectivity index (χ1) is 16.8. The Kier molecular flexibility index (Phi) is 9.39. The number of halogens is 3. The fraction of sp³-hybridized carbons (Fsp3) is 0.462. The molecule has 1 aliphatic rings. The third-order valence-corrected chi connectivity index (χ3v) is 6.09. The van der Waals surface area contributed by atoms with Crippen LogP contribution in [0.2, 0.25) is 0 Å². The fourth-order valence-corrected chi connectivity index (χ4v) is 4.04. The van der Waals surface area contributed by atoms with Crippen LogP contribution in [0.1, 0.15) is 51.0 Å². The van der Waals surface area contributed by atoms with E-state index in [-0.39, 0.29) is 11.6 Å². The second-order valence-electron chi connectivity index (χ2n) is 8.73. The maximum Gasteiger partial charge on any atom is 0.416 e. The predicted molar refractivity (Wildman–Crippen MR) is 133 cm³/mol. The Morgan fingerprint density at radius 3 is 1.89 bits per heavy atom. The maximum atomic E-state index is 12.6. The van der Waals surface area contributed by atoms with E-state index in [0.717, 1.165) is 43.8 Å². The zero-order valence-electron chi connectivity index (χ0n) is 20.0. The molecule has 1 aliphatic heterocycles. The number of hydrogen-bond donors (Lipinski definition) is 2. The van der Waals surface area contributed by atoms with E-state index in [4.69, 9.17) is 0 Å². The molecule has 0 aliphatic carbocycles. The maximum absolute atomic E-state index is 12.6. The fourth-order valence-electron chi connectivity index (χ4n) is 4.04. The molecule has 1 heterocycles. The van der Waals surface area contributed by atoms with Gasteiger partial charge in [0.25, 0.3) is 0 Å². The summed E-state index contributed by atoms with van der Waals surface area (Å²) in [5.74, 6) is 0.236. The van der Waals surface area contributed by atoms with E-state index < -0.39 is 17.8 Å². The van der Waals surface area contributed by atoms with Crippen molar-refractivity contribution < 1.29 is 22.8 Å². The van der Waals surface area contributed by atoms with Gasteiger partial charge in [0.15, 0.2) is 0 Å². The van der Waals surface area contributed by atoms with Gasteiger partial charge in [-0.3, -0.25) is 4.79 Å². The van der Waals surface area contributed by atoms with Crippen LogP contribution < -0.4 is 15.5 Å². The molecule has 0 aromatic heterocycles. The highest BCUT2D eigenvalue weighted by Gasteiger charge is 2.30. The molecule has 0 saturated carbocycles. The van der Waals surface area contributed by atoms with Gasteiger partial charge in [0, 0.05) is 49.7 Å². The number of carbonyl (C=O) groups excluding carboxylic acids is 2. The molecule has 190 valence electrons. The van der Waals surface area contributed by atoms with Crippen molar-refractivity contribution in [2.75, 3.05) is 41.7 Å². The quantitative estimate of drug-likeness (QED) is 0.402. The highest BCUT2D eigenvalue weighted by Crippen LogP contribution is 2.30. The number of alkyl halides is 3. The Morgan fingerprint density at radius 2 is 1.34 bits per heavy atom. The molecule has 3 rings (SSSR count). The molecule has 0 radical (unpaired) electrons. The molecule has 9 heteroatoms. The number of nitrogens with one attached hydrogen (secondary N) is 2. The van der Waals surface area contributed by atoms with Crippen LogP contribution in [0.15, 0.2) is 48.5 Å². The summed E-state index contributed by atoms with van der Waals surface area (Å²) in [5, 5.41) is 5.20. The molecule has 3 amide bonds. The standard InChI is InChI=1S/C26H33F3N4O2/c1-2-3-4-5-6-7-24(34)33-18-16-32(17-19-33)23-14-12-22(13-15-23)31-25(35)30-21-10-8-20(9-11-21)26(27,28)29/h8-15H,2-7,16-19H2,1H3,(H2,30,31,35). The Bertz CT molecular complexity index is 954. The second kappa shape index (κ2) is 12.5. The highest BCUT2D eigenvalue weighted by molar-refractivity contribution is 5.99. The minimum absolute atomic E-state index is 0.236. The number of hydrogen-bond acceptors (Lipinski definition) is 3.